The summed E-state index contributed by atoms with van der Waals surface area (Å²) in [5.41, 5.74) is 13.8. The number of rotatable bonds is 6. The van der Waals surface area contributed by atoms with E-state index >= 15 is 0 Å². The molecule has 0 unspecified atom stereocenters. The molecule has 0 spiro atoms. The summed E-state index contributed by atoms with van der Waals surface area (Å²) >= 11 is 0. The maximum absolute atomic E-state index is 6.50. The van der Waals surface area contributed by atoms with E-state index in [2.05, 4.69) is 199 Å². The first-order chi connectivity index (χ1) is 29.2. The van der Waals surface area contributed by atoms with E-state index in [1.54, 1.807) is 0 Å². The normalized spacial score (nSPS) is 11.7. The van der Waals surface area contributed by atoms with Crippen LogP contribution in [0.25, 0.3) is 98.8 Å². The van der Waals surface area contributed by atoms with Gasteiger partial charge in [0.05, 0.1) is 5.69 Å². The van der Waals surface area contributed by atoms with E-state index in [-0.39, 0.29) is 0 Å². The van der Waals surface area contributed by atoms with Crippen LogP contribution < -0.4 is 4.90 Å². The molecule has 0 bridgehead atoms. The molecule has 0 saturated heterocycles. The molecule has 59 heavy (non-hydrogen) atoms. The zero-order valence-electron chi connectivity index (χ0n) is 32.0. The number of fused-ring (bicyclic) bond motifs is 9. The van der Waals surface area contributed by atoms with Gasteiger partial charge in [-0.1, -0.05) is 152 Å². The van der Waals surface area contributed by atoms with Gasteiger partial charge < -0.3 is 13.7 Å². The van der Waals surface area contributed by atoms with Gasteiger partial charge >= 0.3 is 0 Å². The second kappa shape index (κ2) is 13.4. The Morgan fingerprint density at radius 3 is 1.53 bits per heavy atom. The van der Waals surface area contributed by atoms with Gasteiger partial charge in [-0.2, -0.15) is 0 Å². The van der Waals surface area contributed by atoms with Crippen molar-refractivity contribution < 1.29 is 8.83 Å². The number of hydrogen-bond donors (Lipinski definition) is 0. The largest absolute Gasteiger partial charge is 0.456 e. The van der Waals surface area contributed by atoms with Crippen LogP contribution in [0.2, 0.25) is 0 Å². The third kappa shape index (κ3) is 5.51. The van der Waals surface area contributed by atoms with Gasteiger partial charge in [-0.25, -0.2) is 0 Å². The smallest absolute Gasteiger partial charge is 0.143 e. The van der Waals surface area contributed by atoms with Crippen LogP contribution in [0.4, 0.5) is 17.1 Å². The second-order valence-electron chi connectivity index (χ2n) is 15.3. The first-order valence-corrected chi connectivity index (χ1v) is 20.1. The molecule has 276 valence electrons. The van der Waals surface area contributed by atoms with Gasteiger partial charge in [-0.3, -0.25) is 0 Å². The summed E-state index contributed by atoms with van der Waals surface area (Å²) in [5, 5.41) is 9.38. The standard InChI is InChI=1S/C56H35NO2/c1-2-11-38(12-3-1)45-18-10-19-49-51-34-40(26-32-55(51)59-56(45)49)37-23-29-43(30-24-37)57(52-35-41-13-4-5-14-44(41)46-15-6-7-16-47(46)52)42-27-21-36(22-28-42)39-25-31-54-50(33-39)48-17-8-9-20-53(48)58-54/h1-35H. The highest BCUT2D eigenvalue weighted by Crippen LogP contribution is 2.44. The second-order valence-corrected chi connectivity index (χ2v) is 15.3. The lowest BCUT2D eigenvalue weighted by Crippen LogP contribution is -2.10. The summed E-state index contributed by atoms with van der Waals surface area (Å²) in [6.07, 6.45) is 0. The predicted molar refractivity (Wildman–Crippen MR) is 247 cm³/mol. The van der Waals surface area contributed by atoms with E-state index in [9.17, 15) is 0 Å². The maximum atomic E-state index is 6.50. The van der Waals surface area contributed by atoms with Crippen LogP contribution in [-0.4, -0.2) is 0 Å². The molecule has 2 heterocycles. The summed E-state index contributed by atoms with van der Waals surface area (Å²) in [4.78, 5) is 2.40. The molecule has 0 atom stereocenters. The zero-order valence-corrected chi connectivity index (χ0v) is 32.0. The fraction of sp³-hybridized carbons (Fsp3) is 0. The zero-order chi connectivity index (χ0) is 38.9. The molecule has 3 nitrogen and oxygen atoms in total. The Balaban J connectivity index is 0.967. The quantitative estimate of drug-likeness (QED) is 0.158. The molecule has 0 N–H and O–H groups in total. The number of hydrogen-bond acceptors (Lipinski definition) is 3. The van der Waals surface area contributed by atoms with Gasteiger partial charge in [0, 0.05) is 43.9 Å². The van der Waals surface area contributed by atoms with Gasteiger partial charge in [-0.15, -0.1) is 0 Å². The molecule has 10 aromatic carbocycles. The molecular weight excluding hydrogens is 719 g/mol. The number of nitrogens with zero attached hydrogens (tertiary/aromatic N) is 1. The predicted octanol–water partition coefficient (Wildman–Crippen LogP) is 16.3. The van der Waals surface area contributed by atoms with Crippen molar-refractivity contribution in [1.82, 2.24) is 0 Å². The minimum atomic E-state index is 0.889. The Bertz CT molecular complexity index is 3540. The molecule has 0 radical (unpaired) electrons. The topological polar surface area (TPSA) is 29.5 Å². The van der Waals surface area contributed by atoms with Crippen molar-refractivity contribution in [2.45, 2.75) is 0 Å². The maximum Gasteiger partial charge on any atom is 0.143 e. The van der Waals surface area contributed by atoms with Gasteiger partial charge in [0.25, 0.3) is 0 Å². The lowest BCUT2D eigenvalue weighted by atomic mass is 9.98. The van der Waals surface area contributed by atoms with Gasteiger partial charge in [0.2, 0.25) is 0 Å². The summed E-state index contributed by atoms with van der Waals surface area (Å²) in [6, 6.07) is 75.8. The molecule has 3 heteroatoms. The molecule has 0 aliphatic rings. The Labute approximate surface area is 340 Å². The molecule has 0 aliphatic heterocycles. The number of benzene rings is 10. The number of furan rings is 2. The van der Waals surface area contributed by atoms with E-state index in [0.717, 1.165) is 94.3 Å². The molecule has 0 saturated carbocycles. The van der Waals surface area contributed by atoms with Crippen molar-refractivity contribution in [2.75, 3.05) is 4.90 Å². The van der Waals surface area contributed by atoms with Crippen molar-refractivity contribution in [3.8, 4) is 33.4 Å². The first-order valence-electron chi connectivity index (χ1n) is 20.1. The minimum Gasteiger partial charge on any atom is -0.456 e. The van der Waals surface area contributed by atoms with E-state index in [1.165, 1.54) is 21.5 Å². The summed E-state index contributed by atoms with van der Waals surface area (Å²) in [7, 11) is 0. The van der Waals surface area contributed by atoms with Crippen LogP contribution in [0.3, 0.4) is 0 Å². The molecular formula is C56H35NO2. The number of anilines is 3. The fourth-order valence-electron chi connectivity index (χ4n) is 8.98. The van der Waals surface area contributed by atoms with Crippen LogP contribution in [-0.2, 0) is 0 Å². The average Bonchev–Trinajstić information content (AvgIpc) is 3.88. The number of para-hydroxylation sites is 2. The molecule has 0 aliphatic carbocycles. The third-order valence-electron chi connectivity index (χ3n) is 11.9. The van der Waals surface area contributed by atoms with Crippen molar-refractivity contribution in [2.24, 2.45) is 0 Å². The monoisotopic (exact) mass is 753 g/mol. The van der Waals surface area contributed by atoms with Crippen LogP contribution in [0.1, 0.15) is 0 Å². The van der Waals surface area contributed by atoms with E-state index in [4.69, 9.17) is 8.83 Å². The highest BCUT2D eigenvalue weighted by atomic mass is 16.3. The minimum absolute atomic E-state index is 0.889. The van der Waals surface area contributed by atoms with Crippen LogP contribution >= 0.6 is 0 Å². The van der Waals surface area contributed by atoms with E-state index in [1.807, 2.05) is 18.2 Å². The third-order valence-corrected chi connectivity index (χ3v) is 11.9. The highest BCUT2D eigenvalue weighted by molar-refractivity contribution is 6.15. The van der Waals surface area contributed by atoms with Gasteiger partial charge in [-0.05, 0) is 105 Å². The Kier molecular flexibility index (Phi) is 7.54. The molecule has 2 aromatic heterocycles. The SMILES string of the molecule is c1ccc(-c2cccc3c2oc2ccc(-c4ccc(N(c5ccc(-c6ccc7oc8ccccc8c7c6)cc5)c5cc6ccccc6c6ccccc56)cc4)cc23)cc1. The van der Waals surface area contributed by atoms with E-state index < -0.39 is 0 Å². The van der Waals surface area contributed by atoms with Crippen molar-refractivity contribution in [1.29, 1.82) is 0 Å². The molecule has 12 rings (SSSR count). The van der Waals surface area contributed by atoms with Gasteiger partial charge in [0.1, 0.15) is 22.3 Å². The molecule has 0 fully saturated rings. The lowest BCUT2D eigenvalue weighted by molar-refractivity contribution is 0.669. The summed E-state index contributed by atoms with van der Waals surface area (Å²) in [6.45, 7) is 0. The fourth-order valence-corrected chi connectivity index (χ4v) is 8.98. The summed E-state index contributed by atoms with van der Waals surface area (Å²) < 4.78 is 12.6. The first kappa shape index (κ1) is 33.3. The molecule has 12 aromatic rings. The van der Waals surface area contributed by atoms with Crippen molar-refractivity contribution in [3.63, 3.8) is 0 Å². The van der Waals surface area contributed by atoms with Crippen LogP contribution in [0, 0.1) is 0 Å². The van der Waals surface area contributed by atoms with Crippen LogP contribution in [0.15, 0.2) is 221 Å². The van der Waals surface area contributed by atoms with Crippen molar-refractivity contribution in [3.05, 3.63) is 212 Å². The van der Waals surface area contributed by atoms with Crippen LogP contribution in [0.5, 0.6) is 0 Å². The summed E-state index contributed by atoms with van der Waals surface area (Å²) in [5.74, 6) is 0. The lowest BCUT2D eigenvalue weighted by Gasteiger charge is -2.28. The van der Waals surface area contributed by atoms with Gasteiger partial charge in [0.15, 0.2) is 0 Å². The van der Waals surface area contributed by atoms with Crippen molar-refractivity contribution >= 4 is 82.5 Å². The highest BCUT2D eigenvalue weighted by Gasteiger charge is 2.19. The Morgan fingerprint density at radius 1 is 0.288 bits per heavy atom. The molecule has 0 amide bonds. The average molecular weight is 754 g/mol. The Hall–Kier alpha value is -7.88. The van der Waals surface area contributed by atoms with E-state index in [0.29, 0.717) is 0 Å². The Morgan fingerprint density at radius 2 is 0.814 bits per heavy atom.